The van der Waals surface area contributed by atoms with Gasteiger partial charge >= 0.3 is 0 Å². The van der Waals surface area contributed by atoms with E-state index in [0.717, 1.165) is 18.1 Å². The van der Waals surface area contributed by atoms with Crippen LogP contribution in [0, 0.1) is 17.5 Å². The van der Waals surface area contributed by atoms with Gasteiger partial charge in [0.15, 0.2) is 17.5 Å². The molecule has 0 atom stereocenters. The number of halogens is 4. The number of hydrogen-bond donors (Lipinski definition) is 0. The van der Waals surface area contributed by atoms with E-state index in [1.807, 2.05) is 0 Å². The Morgan fingerprint density at radius 3 is 2.56 bits per heavy atom. The first-order valence-corrected chi connectivity index (χ1v) is 5.89. The molecule has 0 radical (unpaired) electrons. The largest absolute Gasteiger partial charge is 0.238 e. The van der Waals surface area contributed by atoms with Crippen molar-refractivity contribution < 1.29 is 13.2 Å². The molecule has 96 valence electrons. The predicted molar refractivity (Wildman–Crippen MR) is 62.5 cm³/mol. The third-order valence-electron chi connectivity index (χ3n) is 2.47. The SMILES string of the molecule is Fc1cc(F)c(-n2cc(CCCCl)cn2)cc1F. The zero-order chi connectivity index (χ0) is 13.1. The second-order valence-corrected chi connectivity index (χ2v) is 4.18. The van der Waals surface area contributed by atoms with E-state index in [1.165, 1.54) is 4.68 Å². The average molecular weight is 275 g/mol. The molecule has 0 fully saturated rings. The first kappa shape index (κ1) is 13.0. The summed E-state index contributed by atoms with van der Waals surface area (Å²) in [6, 6.07) is 1.29. The molecule has 0 saturated heterocycles. The highest BCUT2D eigenvalue weighted by Crippen LogP contribution is 2.18. The number of nitrogens with zero attached hydrogens (tertiary/aromatic N) is 2. The molecular formula is C12H10ClF3N2. The Kier molecular flexibility index (Phi) is 3.91. The second kappa shape index (κ2) is 5.44. The van der Waals surface area contributed by atoms with Gasteiger partial charge < -0.3 is 0 Å². The summed E-state index contributed by atoms with van der Waals surface area (Å²) in [7, 11) is 0. The van der Waals surface area contributed by atoms with Crippen molar-refractivity contribution in [1.29, 1.82) is 0 Å². The van der Waals surface area contributed by atoms with Crippen LogP contribution in [-0.2, 0) is 6.42 Å². The molecular weight excluding hydrogens is 265 g/mol. The van der Waals surface area contributed by atoms with E-state index in [0.29, 0.717) is 18.4 Å². The van der Waals surface area contributed by atoms with Gasteiger partial charge in [0.25, 0.3) is 0 Å². The van der Waals surface area contributed by atoms with E-state index >= 15 is 0 Å². The lowest BCUT2D eigenvalue weighted by Gasteiger charge is -2.03. The molecule has 0 aliphatic rings. The number of aromatic nitrogens is 2. The summed E-state index contributed by atoms with van der Waals surface area (Å²) in [5, 5.41) is 3.92. The average Bonchev–Trinajstić information content (AvgIpc) is 2.79. The third-order valence-corrected chi connectivity index (χ3v) is 2.74. The van der Waals surface area contributed by atoms with Crippen LogP contribution in [0.5, 0.6) is 0 Å². The number of benzene rings is 1. The van der Waals surface area contributed by atoms with E-state index in [4.69, 9.17) is 11.6 Å². The smallest absolute Gasteiger partial charge is 0.161 e. The van der Waals surface area contributed by atoms with Crippen molar-refractivity contribution in [2.24, 2.45) is 0 Å². The van der Waals surface area contributed by atoms with Crippen LogP contribution in [0.4, 0.5) is 13.2 Å². The van der Waals surface area contributed by atoms with Gasteiger partial charge in [0, 0.05) is 24.2 Å². The van der Waals surface area contributed by atoms with Crippen molar-refractivity contribution in [3.8, 4) is 5.69 Å². The van der Waals surface area contributed by atoms with Gasteiger partial charge in [0.05, 0.1) is 6.20 Å². The number of hydrogen-bond acceptors (Lipinski definition) is 1. The molecule has 18 heavy (non-hydrogen) atoms. The van der Waals surface area contributed by atoms with Crippen LogP contribution in [0.25, 0.3) is 5.69 Å². The number of aryl methyl sites for hydroxylation is 1. The van der Waals surface area contributed by atoms with Crippen LogP contribution in [-0.4, -0.2) is 15.7 Å². The molecule has 1 aromatic carbocycles. The maximum Gasteiger partial charge on any atom is 0.161 e. The van der Waals surface area contributed by atoms with Crippen molar-refractivity contribution >= 4 is 11.6 Å². The summed E-state index contributed by atoms with van der Waals surface area (Å²) in [5.74, 6) is -2.67. The molecule has 0 aliphatic heterocycles. The Morgan fingerprint density at radius 2 is 1.83 bits per heavy atom. The number of alkyl halides is 1. The van der Waals surface area contributed by atoms with Gasteiger partial charge in [-0.25, -0.2) is 17.9 Å². The molecule has 0 unspecified atom stereocenters. The van der Waals surface area contributed by atoms with Gasteiger partial charge in [-0.05, 0) is 18.4 Å². The molecule has 2 rings (SSSR count). The summed E-state index contributed by atoms with van der Waals surface area (Å²) < 4.78 is 40.5. The van der Waals surface area contributed by atoms with Gasteiger partial charge in [-0.1, -0.05) is 0 Å². The molecule has 0 spiro atoms. The topological polar surface area (TPSA) is 17.8 Å². The zero-order valence-electron chi connectivity index (χ0n) is 9.34. The lowest BCUT2D eigenvalue weighted by atomic mass is 10.2. The Hall–Kier alpha value is -1.49. The highest BCUT2D eigenvalue weighted by Gasteiger charge is 2.12. The van der Waals surface area contributed by atoms with E-state index in [9.17, 15) is 13.2 Å². The van der Waals surface area contributed by atoms with Crippen LogP contribution in [0.3, 0.4) is 0 Å². The highest BCUT2D eigenvalue weighted by atomic mass is 35.5. The van der Waals surface area contributed by atoms with Gasteiger partial charge in [-0.15, -0.1) is 11.6 Å². The summed E-state index contributed by atoms with van der Waals surface area (Å²) in [6.07, 6.45) is 4.60. The Balaban J connectivity index is 2.31. The van der Waals surface area contributed by atoms with Crippen molar-refractivity contribution in [3.63, 3.8) is 0 Å². The summed E-state index contributed by atoms with van der Waals surface area (Å²) >= 11 is 5.56. The Bertz CT molecular complexity index is 554. The minimum absolute atomic E-state index is 0.119. The Labute approximate surface area is 107 Å². The lowest BCUT2D eigenvalue weighted by molar-refractivity contribution is 0.491. The van der Waals surface area contributed by atoms with Crippen LogP contribution in [0.1, 0.15) is 12.0 Å². The molecule has 6 heteroatoms. The van der Waals surface area contributed by atoms with Crippen LogP contribution in [0.15, 0.2) is 24.5 Å². The maximum absolute atomic E-state index is 13.5. The van der Waals surface area contributed by atoms with Crippen molar-refractivity contribution in [2.75, 3.05) is 5.88 Å². The van der Waals surface area contributed by atoms with Crippen molar-refractivity contribution in [1.82, 2.24) is 9.78 Å². The highest BCUT2D eigenvalue weighted by molar-refractivity contribution is 6.17. The number of rotatable bonds is 4. The molecule has 1 aromatic heterocycles. The van der Waals surface area contributed by atoms with E-state index in [1.54, 1.807) is 12.4 Å². The van der Waals surface area contributed by atoms with Gasteiger partial charge in [-0.2, -0.15) is 5.10 Å². The normalized spacial score (nSPS) is 10.9. The van der Waals surface area contributed by atoms with Crippen molar-refractivity contribution in [2.45, 2.75) is 12.8 Å². The molecule has 0 aliphatic carbocycles. The molecule has 2 aromatic rings. The molecule has 0 N–H and O–H groups in total. The van der Waals surface area contributed by atoms with Crippen LogP contribution in [0.2, 0.25) is 0 Å². The monoisotopic (exact) mass is 274 g/mol. The van der Waals surface area contributed by atoms with E-state index < -0.39 is 17.5 Å². The standard InChI is InChI=1S/C12H10ClF3N2/c13-3-1-2-8-6-17-18(7-8)12-5-10(15)9(14)4-11(12)16/h4-7H,1-3H2. The molecule has 0 saturated carbocycles. The first-order valence-electron chi connectivity index (χ1n) is 5.36. The zero-order valence-corrected chi connectivity index (χ0v) is 10.1. The quantitative estimate of drug-likeness (QED) is 0.617. The minimum atomic E-state index is -1.22. The van der Waals surface area contributed by atoms with Gasteiger partial charge in [0.2, 0.25) is 0 Å². The molecule has 1 heterocycles. The van der Waals surface area contributed by atoms with Crippen molar-refractivity contribution in [3.05, 3.63) is 47.5 Å². The maximum atomic E-state index is 13.5. The predicted octanol–water partition coefficient (Wildman–Crippen LogP) is 3.46. The molecule has 2 nitrogen and oxygen atoms in total. The van der Waals surface area contributed by atoms with Crippen LogP contribution >= 0.6 is 11.6 Å². The third kappa shape index (κ3) is 2.67. The molecule has 0 bridgehead atoms. The van der Waals surface area contributed by atoms with Gasteiger partial charge in [0.1, 0.15) is 5.69 Å². The fourth-order valence-electron chi connectivity index (χ4n) is 1.58. The summed E-state index contributed by atoms with van der Waals surface area (Å²) in [6.45, 7) is 0. The lowest BCUT2D eigenvalue weighted by Crippen LogP contribution is -2.00. The first-order chi connectivity index (χ1) is 8.61. The second-order valence-electron chi connectivity index (χ2n) is 3.80. The fraction of sp³-hybridized carbons (Fsp3) is 0.250. The summed E-state index contributed by atoms with van der Waals surface area (Å²) in [5.41, 5.74) is 0.741. The minimum Gasteiger partial charge on any atom is -0.238 e. The Morgan fingerprint density at radius 1 is 1.11 bits per heavy atom. The van der Waals surface area contributed by atoms with E-state index in [-0.39, 0.29) is 5.69 Å². The van der Waals surface area contributed by atoms with Gasteiger partial charge in [-0.3, -0.25) is 0 Å². The summed E-state index contributed by atoms with van der Waals surface area (Å²) in [4.78, 5) is 0. The fourth-order valence-corrected chi connectivity index (χ4v) is 1.71. The van der Waals surface area contributed by atoms with Crippen LogP contribution < -0.4 is 0 Å². The molecule has 0 amide bonds. The van der Waals surface area contributed by atoms with E-state index in [2.05, 4.69) is 5.10 Å².